The first-order valence-corrected chi connectivity index (χ1v) is 9.39. The minimum Gasteiger partial charge on any atom is -0.486 e. The van der Waals surface area contributed by atoms with E-state index in [-0.39, 0.29) is 24.4 Å². The number of aryl methyl sites for hydroxylation is 1. The average Bonchev–Trinajstić information content (AvgIpc) is 3.34. The van der Waals surface area contributed by atoms with Crippen LogP contribution in [0.3, 0.4) is 0 Å². The molecule has 1 aromatic carbocycles. The summed E-state index contributed by atoms with van der Waals surface area (Å²) in [5.74, 6) is 1.30. The molecule has 0 spiro atoms. The number of anilines is 1. The summed E-state index contributed by atoms with van der Waals surface area (Å²) in [4.78, 5) is 30.1. The number of hydrogen-bond donors (Lipinski definition) is 2. The number of hydrogen-bond acceptors (Lipinski definition) is 5. The molecule has 2 aliphatic heterocycles. The Morgan fingerprint density at radius 1 is 1.25 bits per heavy atom. The smallest absolute Gasteiger partial charge is 0.315 e. The number of carbonyl (C=O) groups is 2. The highest BCUT2D eigenvalue weighted by atomic mass is 16.6. The Morgan fingerprint density at radius 2 is 2.11 bits per heavy atom. The van der Waals surface area contributed by atoms with Gasteiger partial charge >= 0.3 is 6.03 Å². The topological polar surface area (TPSA) is 97.7 Å². The minimum absolute atomic E-state index is 0.0258. The Morgan fingerprint density at radius 3 is 2.93 bits per heavy atom. The number of urea groups is 1. The van der Waals surface area contributed by atoms with Crippen LogP contribution in [-0.4, -0.2) is 53.8 Å². The summed E-state index contributed by atoms with van der Waals surface area (Å²) in [6.07, 6.45) is 6.44. The van der Waals surface area contributed by atoms with E-state index in [1.807, 2.05) is 29.0 Å². The fraction of sp³-hybridized carbons (Fsp3) is 0.421. The molecule has 148 valence electrons. The van der Waals surface area contributed by atoms with E-state index < -0.39 is 0 Å². The Labute approximate surface area is 162 Å². The molecule has 2 N–H and O–H groups in total. The minimum atomic E-state index is -0.257. The van der Waals surface area contributed by atoms with E-state index in [0.29, 0.717) is 37.8 Å². The van der Waals surface area contributed by atoms with E-state index in [2.05, 4.69) is 15.6 Å². The van der Waals surface area contributed by atoms with E-state index in [1.165, 1.54) is 0 Å². The van der Waals surface area contributed by atoms with Crippen molar-refractivity contribution in [1.82, 2.24) is 20.2 Å². The average molecular weight is 385 g/mol. The van der Waals surface area contributed by atoms with Gasteiger partial charge in [-0.2, -0.15) is 0 Å². The number of nitrogens with one attached hydrogen (secondary N) is 2. The number of imidazole rings is 1. The second-order valence-electron chi connectivity index (χ2n) is 6.79. The number of rotatable bonds is 6. The SMILES string of the molecule is O=C(NCCCn1ccnc1)NC1CC(=O)N(c2ccc3c(c2)OCCO3)C1. The number of benzene rings is 1. The number of fused-ring (bicyclic) bond motifs is 1. The highest BCUT2D eigenvalue weighted by Gasteiger charge is 2.32. The van der Waals surface area contributed by atoms with E-state index >= 15 is 0 Å². The monoisotopic (exact) mass is 385 g/mol. The molecular formula is C19H23N5O4. The van der Waals surface area contributed by atoms with Crippen LogP contribution >= 0.6 is 0 Å². The van der Waals surface area contributed by atoms with Gasteiger partial charge < -0.3 is 29.6 Å². The molecule has 9 nitrogen and oxygen atoms in total. The van der Waals surface area contributed by atoms with Crippen LogP contribution in [-0.2, 0) is 11.3 Å². The highest BCUT2D eigenvalue weighted by Crippen LogP contribution is 2.35. The van der Waals surface area contributed by atoms with Crippen LogP contribution in [0.5, 0.6) is 11.5 Å². The molecule has 1 atom stereocenters. The summed E-state index contributed by atoms with van der Waals surface area (Å²) in [6, 6.07) is 4.97. The molecule has 3 heterocycles. The summed E-state index contributed by atoms with van der Waals surface area (Å²) >= 11 is 0. The van der Waals surface area contributed by atoms with Crippen LogP contribution in [0.1, 0.15) is 12.8 Å². The molecular weight excluding hydrogens is 362 g/mol. The van der Waals surface area contributed by atoms with E-state index in [1.54, 1.807) is 17.4 Å². The number of amides is 3. The molecule has 1 aromatic heterocycles. The molecule has 28 heavy (non-hydrogen) atoms. The lowest BCUT2D eigenvalue weighted by Crippen LogP contribution is -2.43. The van der Waals surface area contributed by atoms with Gasteiger partial charge in [-0.3, -0.25) is 4.79 Å². The maximum Gasteiger partial charge on any atom is 0.315 e. The number of ether oxygens (including phenoxy) is 2. The van der Waals surface area contributed by atoms with Crippen LogP contribution in [0, 0.1) is 0 Å². The fourth-order valence-corrected chi connectivity index (χ4v) is 3.37. The van der Waals surface area contributed by atoms with Gasteiger partial charge in [-0.05, 0) is 18.6 Å². The lowest BCUT2D eigenvalue weighted by atomic mass is 10.2. The Kier molecular flexibility index (Phi) is 5.31. The van der Waals surface area contributed by atoms with Gasteiger partial charge in [0.15, 0.2) is 11.5 Å². The molecule has 0 bridgehead atoms. The summed E-state index contributed by atoms with van der Waals surface area (Å²) in [7, 11) is 0. The fourth-order valence-electron chi connectivity index (χ4n) is 3.37. The zero-order valence-electron chi connectivity index (χ0n) is 15.5. The lowest BCUT2D eigenvalue weighted by molar-refractivity contribution is -0.117. The number of aromatic nitrogens is 2. The molecule has 2 aliphatic rings. The van der Waals surface area contributed by atoms with Crippen molar-refractivity contribution in [3.63, 3.8) is 0 Å². The first-order chi connectivity index (χ1) is 13.7. The predicted octanol–water partition coefficient (Wildman–Crippen LogP) is 1.15. The van der Waals surface area contributed by atoms with Gasteiger partial charge in [0.05, 0.1) is 12.4 Å². The first kappa shape index (κ1) is 18.1. The van der Waals surface area contributed by atoms with Crippen molar-refractivity contribution in [2.45, 2.75) is 25.4 Å². The van der Waals surface area contributed by atoms with Crippen molar-refractivity contribution < 1.29 is 19.1 Å². The summed E-state index contributed by atoms with van der Waals surface area (Å²) < 4.78 is 13.1. The summed E-state index contributed by atoms with van der Waals surface area (Å²) in [6.45, 7) is 2.80. The molecule has 4 rings (SSSR count). The summed E-state index contributed by atoms with van der Waals surface area (Å²) in [5, 5.41) is 5.71. The van der Waals surface area contributed by atoms with E-state index in [4.69, 9.17) is 9.47 Å². The number of carbonyl (C=O) groups excluding carboxylic acids is 2. The quantitative estimate of drug-likeness (QED) is 0.727. The van der Waals surface area contributed by atoms with Gasteiger partial charge in [-0.1, -0.05) is 0 Å². The molecule has 9 heteroatoms. The molecule has 1 fully saturated rings. The van der Waals surface area contributed by atoms with Crippen molar-refractivity contribution in [2.24, 2.45) is 0 Å². The third-order valence-electron chi connectivity index (χ3n) is 4.74. The van der Waals surface area contributed by atoms with Gasteiger partial charge in [0.1, 0.15) is 13.2 Å². The molecule has 2 aromatic rings. The maximum atomic E-state index is 12.4. The zero-order valence-corrected chi connectivity index (χ0v) is 15.5. The van der Waals surface area contributed by atoms with Crippen LogP contribution < -0.4 is 25.0 Å². The summed E-state index contributed by atoms with van der Waals surface area (Å²) in [5.41, 5.74) is 0.749. The Hall–Kier alpha value is -3.23. The second kappa shape index (κ2) is 8.20. The van der Waals surface area contributed by atoms with Gasteiger partial charge in [0.2, 0.25) is 5.91 Å². The predicted molar refractivity (Wildman–Crippen MR) is 102 cm³/mol. The third kappa shape index (κ3) is 4.19. The van der Waals surface area contributed by atoms with Crippen LogP contribution in [0.2, 0.25) is 0 Å². The molecule has 0 aliphatic carbocycles. The van der Waals surface area contributed by atoms with Crippen molar-refractivity contribution >= 4 is 17.6 Å². The molecule has 1 unspecified atom stereocenters. The molecule has 3 amide bonds. The molecule has 0 radical (unpaired) electrons. The molecule has 1 saturated heterocycles. The normalized spacial score (nSPS) is 18.2. The van der Waals surface area contributed by atoms with Crippen molar-refractivity contribution in [3.05, 3.63) is 36.9 Å². The van der Waals surface area contributed by atoms with Crippen LogP contribution in [0.15, 0.2) is 36.9 Å². The third-order valence-corrected chi connectivity index (χ3v) is 4.74. The van der Waals surface area contributed by atoms with Gasteiger partial charge in [-0.25, -0.2) is 9.78 Å². The van der Waals surface area contributed by atoms with Crippen LogP contribution in [0.4, 0.5) is 10.5 Å². The first-order valence-electron chi connectivity index (χ1n) is 9.39. The lowest BCUT2D eigenvalue weighted by Gasteiger charge is -2.22. The van der Waals surface area contributed by atoms with E-state index in [9.17, 15) is 9.59 Å². The van der Waals surface area contributed by atoms with Crippen molar-refractivity contribution in [1.29, 1.82) is 0 Å². The van der Waals surface area contributed by atoms with Crippen molar-refractivity contribution in [3.8, 4) is 11.5 Å². The largest absolute Gasteiger partial charge is 0.486 e. The Bertz CT molecular complexity index is 839. The van der Waals surface area contributed by atoms with Crippen LogP contribution in [0.25, 0.3) is 0 Å². The Balaban J connectivity index is 1.25. The van der Waals surface area contributed by atoms with Gasteiger partial charge in [0.25, 0.3) is 0 Å². The standard InChI is InChI=1S/C19H23N5O4/c25-18-10-14(22-19(26)21-4-1-6-23-7-5-20-13-23)12-24(18)15-2-3-16-17(11-15)28-9-8-27-16/h2-3,5,7,11,13-14H,1,4,6,8-10,12H2,(H2,21,22,26). The van der Waals surface area contributed by atoms with Crippen molar-refractivity contribution in [2.75, 3.05) is 31.2 Å². The maximum absolute atomic E-state index is 12.4. The van der Waals surface area contributed by atoms with E-state index in [0.717, 1.165) is 18.7 Å². The zero-order chi connectivity index (χ0) is 19.3. The van der Waals surface area contributed by atoms with Gasteiger partial charge in [-0.15, -0.1) is 0 Å². The second-order valence-corrected chi connectivity index (χ2v) is 6.79. The highest BCUT2D eigenvalue weighted by molar-refractivity contribution is 5.97. The molecule has 0 saturated carbocycles. The number of nitrogens with zero attached hydrogens (tertiary/aromatic N) is 3. The van der Waals surface area contributed by atoms with Gasteiger partial charge in [0, 0.05) is 50.2 Å².